The van der Waals surface area contributed by atoms with Crippen molar-refractivity contribution in [1.29, 1.82) is 0 Å². The highest BCUT2D eigenvalue weighted by Crippen LogP contribution is 2.10. The van der Waals surface area contributed by atoms with Crippen molar-refractivity contribution in [2.75, 3.05) is 26.2 Å². The largest absolute Gasteiger partial charge is 0.342 e. The number of amides is 1. The fraction of sp³-hybridized carbons (Fsp3) is 0.400. The third-order valence-electron chi connectivity index (χ3n) is 3.26. The molecule has 1 aliphatic heterocycles. The van der Waals surface area contributed by atoms with Crippen LogP contribution < -0.4 is 5.32 Å². The van der Waals surface area contributed by atoms with E-state index in [0.29, 0.717) is 13.1 Å². The number of likely N-dealkylation sites (tertiary alicyclic amines) is 1. The second kappa shape index (κ2) is 6.36. The molecule has 3 heteroatoms. The van der Waals surface area contributed by atoms with Crippen LogP contribution >= 0.6 is 0 Å². The first-order valence-corrected chi connectivity index (χ1v) is 6.49. The summed E-state index contributed by atoms with van der Waals surface area (Å²) in [6.07, 6.45) is 2.28. The number of carbonyl (C=O) groups is 1. The summed E-state index contributed by atoms with van der Waals surface area (Å²) in [5.74, 6) is 0.202. The molecule has 1 aromatic carbocycles. The summed E-state index contributed by atoms with van der Waals surface area (Å²) >= 11 is 0. The van der Waals surface area contributed by atoms with Crippen molar-refractivity contribution >= 4 is 11.5 Å². The molecule has 0 radical (unpaired) electrons. The van der Waals surface area contributed by atoms with Gasteiger partial charge in [0.1, 0.15) is 0 Å². The Morgan fingerprint density at radius 2 is 1.83 bits per heavy atom. The van der Waals surface area contributed by atoms with Gasteiger partial charge in [-0.25, -0.2) is 0 Å². The standard InChI is InChI=1S/C15H20N2O/c1-13(14-7-3-2-4-8-14)11-16-12-15(18)17-9-5-6-10-17/h2-4,7-8,16H,1,5-6,9-12H2. The summed E-state index contributed by atoms with van der Waals surface area (Å²) in [4.78, 5) is 13.7. The predicted octanol–water partition coefficient (Wildman–Crippen LogP) is 1.91. The van der Waals surface area contributed by atoms with E-state index >= 15 is 0 Å². The number of hydrogen-bond donors (Lipinski definition) is 1. The van der Waals surface area contributed by atoms with Crippen molar-refractivity contribution in [3.05, 3.63) is 42.5 Å². The van der Waals surface area contributed by atoms with E-state index in [2.05, 4.69) is 11.9 Å². The summed E-state index contributed by atoms with van der Waals surface area (Å²) in [7, 11) is 0. The van der Waals surface area contributed by atoms with Crippen LogP contribution in [0, 0.1) is 0 Å². The van der Waals surface area contributed by atoms with Crippen molar-refractivity contribution in [2.24, 2.45) is 0 Å². The second-order valence-electron chi connectivity index (χ2n) is 4.66. The number of nitrogens with zero attached hydrogens (tertiary/aromatic N) is 1. The van der Waals surface area contributed by atoms with Crippen LogP contribution in [0.4, 0.5) is 0 Å². The van der Waals surface area contributed by atoms with E-state index in [0.717, 1.165) is 37.1 Å². The van der Waals surface area contributed by atoms with Crippen molar-refractivity contribution in [2.45, 2.75) is 12.8 Å². The molecular formula is C15H20N2O. The number of carbonyl (C=O) groups excluding carboxylic acids is 1. The molecule has 18 heavy (non-hydrogen) atoms. The molecule has 96 valence electrons. The highest BCUT2D eigenvalue weighted by Gasteiger charge is 2.16. The SMILES string of the molecule is C=C(CNCC(=O)N1CCCC1)c1ccccc1. The van der Waals surface area contributed by atoms with Crippen molar-refractivity contribution < 1.29 is 4.79 Å². The van der Waals surface area contributed by atoms with Gasteiger partial charge < -0.3 is 10.2 Å². The minimum absolute atomic E-state index is 0.202. The molecule has 0 aromatic heterocycles. The zero-order valence-corrected chi connectivity index (χ0v) is 10.7. The van der Waals surface area contributed by atoms with E-state index in [-0.39, 0.29) is 5.91 Å². The molecule has 1 aliphatic rings. The highest BCUT2D eigenvalue weighted by atomic mass is 16.2. The van der Waals surface area contributed by atoms with Gasteiger partial charge in [0, 0.05) is 19.6 Å². The number of rotatable bonds is 5. The fourth-order valence-corrected chi connectivity index (χ4v) is 2.17. The van der Waals surface area contributed by atoms with E-state index in [9.17, 15) is 4.79 Å². The van der Waals surface area contributed by atoms with Gasteiger partial charge in [0.05, 0.1) is 6.54 Å². The molecule has 3 nitrogen and oxygen atoms in total. The lowest BCUT2D eigenvalue weighted by Gasteiger charge is -2.15. The van der Waals surface area contributed by atoms with Crippen LogP contribution in [-0.4, -0.2) is 37.0 Å². The van der Waals surface area contributed by atoms with E-state index in [1.807, 2.05) is 35.2 Å². The Labute approximate surface area is 108 Å². The summed E-state index contributed by atoms with van der Waals surface area (Å²) in [5, 5.41) is 3.17. The van der Waals surface area contributed by atoms with Crippen molar-refractivity contribution in [3.8, 4) is 0 Å². The molecule has 1 saturated heterocycles. The lowest BCUT2D eigenvalue weighted by atomic mass is 10.1. The van der Waals surface area contributed by atoms with E-state index in [1.165, 1.54) is 0 Å². The lowest BCUT2D eigenvalue weighted by molar-refractivity contribution is -0.129. The van der Waals surface area contributed by atoms with Crippen LogP contribution in [0.3, 0.4) is 0 Å². The predicted molar refractivity (Wildman–Crippen MR) is 74.2 cm³/mol. The molecule has 0 saturated carbocycles. The van der Waals surface area contributed by atoms with Crippen LogP contribution in [0.1, 0.15) is 18.4 Å². The van der Waals surface area contributed by atoms with Gasteiger partial charge in [-0.2, -0.15) is 0 Å². The molecule has 0 bridgehead atoms. The molecule has 1 N–H and O–H groups in total. The van der Waals surface area contributed by atoms with Crippen molar-refractivity contribution in [1.82, 2.24) is 10.2 Å². The molecule has 0 spiro atoms. The van der Waals surface area contributed by atoms with Gasteiger partial charge in [-0.15, -0.1) is 0 Å². The number of nitrogens with one attached hydrogen (secondary N) is 1. The molecular weight excluding hydrogens is 224 g/mol. The first-order valence-electron chi connectivity index (χ1n) is 6.49. The zero-order chi connectivity index (χ0) is 12.8. The summed E-state index contributed by atoms with van der Waals surface area (Å²) < 4.78 is 0. The van der Waals surface area contributed by atoms with Gasteiger partial charge >= 0.3 is 0 Å². The van der Waals surface area contributed by atoms with Crippen LogP contribution in [0.5, 0.6) is 0 Å². The van der Waals surface area contributed by atoms with Crippen LogP contribution in [0.25, 0.3) is 5.57 Å². The van der Waals surface area contributed by atoms with Crippen molar-refractivity contribution in [3.63, 3.8) is 0 Å². The quantitative estimate of drug-likeness (QED) is 0.858. The highest BCUT2D eigenvalue weighted by molar-refractivity contribution is 5.78. The zero-order valence-electron chi connectivity index (χ0n) is 10.7. The average molecular weight is 244 g/mol. The van der Waals surface area contributed by atoms with Crippen LogP contribution in [0.2, 0.25) is 0 Å². The summed E-state index contributed by atoms with van der Waals surface area (Å²) in [5.41, 5.74) is 2.14. The Morgan fingerprint density at radius 3 is 2.50 bits per heavy atom. The topological polar surface area (TPSA) is 32.3 Å². The van der Waals surface area contributed by atoms with Gasteiger partial charge in [-0.05, 0) is 24.0 Å². The van der Waals surface area contributed by atoms with E-state index in [1.54, 1.807) is 0 Å². The maximum atomic E-state index is 11.8. The number of hydrogen-bond acceptors (Lipinski definition) is 2. The minimum atomic E-state index is 0.202. The van der Waals surface area contributed by atoms with Crippen LogP contribution in [0.15, 0.2) is 36.9 Å². The fourth-order valence-electron chi connectivity index (χ4n) is 2.17. The minimum Gasteiger partial charge on any atom is -0.342 e. The molecule has 1 aromatic rings. The molecule has 0 aliphatic carbocycles. The molecule has 1 heterocycles. The Morgan fingerprint density at radius 1 is 1.17 bits per heavy atom. The normalized spacial score (nSPS) is 14.8. The maximum absolute atomic E-state index is 11.8. The Hall–Kier alpha value is -1.61. The maximum Gasteiger partial charge on any atom is 0.236 e. The summed E-state index contributed by atoms with van der Waals surface area (Å²) in [6, 6.07) is 10.0. The van der Waals surface area contributed by atoms with Gasteiger partial charge in [-0.1, -0.05) is 36.9 Å². The third kappa shape index (κ3) is 3.44. The second-order valence-corrected chi connectivity index (χ2v) is 4.66. The van der Waals surface area contributed by atoms with E-state index in [4.69, 9.17) is 0 Å². The Kier molecular flexibility index (Phi) is 4.53. The molecule has 2 rings (SSSR count). The first kappa shape index (κ1) is 12.8. The molecule has 0 atom stereocenters. The molecule has 0 unspecified atom stereocenters. The van der Waals surface area contributed by atoms with Gasteiger partial charge in [0.2, 0.25) is 5.91 Å². The van der Waals surface area contributed by atoms with Gasteiger partial charge in [0.15, 0.2) is 0 Å². The Bertz CT molecular complexity index is 408. The third-order valence-corrected chi connectivity index (χ3v) is 3.26. The first-order chi connectivity index (χ1) is 8.77. The van der Waals surface area contributed by atoms with E-state index < -0.39 is 0 Å². The Balaban J connectivity index is 1.72. The molecule has 1 amide bonds. The average Bonchev–Trinajstić information content (AvgIpc) is 2.93. The lowest BCUT2D eigenvalue weighted by Crippen LogP contribution is -2.36. The number of benzene rings is 1. The summed E-state index contributed by atoms with van der Waals surface area (Å²) in [6.45, 7) is 6.93. The van der Waals surface area contributed by atoms with Gasteiger partial charge in [0.25, 0.3) is 0 Å². The molecule has 1 fully saturated rings. The van der Waals surface area contributed by atoms with Gasteiger partial charge in [-0.3, -0.25) is 4.79 Å². The van der Waals surface area contributed by atoms with Crippen LogP contribution in [-0.2, 0) is 4.79 Å². The smallest absolute Gasteiger partial charge is 0.236 e. The monoisotopic (exact) mass is 244 g/mol.